The van der Waals surface area contributed by atoms with E-state index in [1.165, 1.54) is 35.3 Å². The van der Waals surface area contributed by atoms with Crippen LogP contribution in [0.2, 0.25) is 0 Å². The van der Waals surface area contributed by atoms with E-state index in [0.29, 0.717) is 128 Å². The molecule has 0 radical (unpaired) electrons. The Balaban J connectivity index is 1.20. The maximum absolute atomic E-state index is 15.0. The number of hydrogen-bond donors (Lipinski definition) is 11. The minimum atomic E-state index is -1.68. The molecule has 4 heterocycles. The van der Waals surface area contributed by atoms with Crippen molar-refractivity contribution >= 4 is 88.3 Å². The number of nitrogens with two attached hydrogens (primary N) is 3. The van der Waals surface area contributed by atoms with Crippen molar-refractivity contribution in [1.29, 1.82) is 0 Å². The van der Waals surface area contributed by atoms with Crippen molar-refractivity contribution in [3.05, 3.63) is 70.8 Å². The number of primary amides is 1. The molecule has 3 fully saturated rings. The number of ether oxygens (including phenoxy) is 2. The summed E-state index contributed by atoms with van der Waals surface area (Å²) < 4.78 is 11.4. The van der Waals surface area contributed by atoms with Crippen molar-refractivity contribution < 1.29 is 72.4 Å². The minimum Gasteiger partial charge on any atom is -0.481 e. The van der Waals surface area contributed by atoms with Crippen molar-refractivity contribution in [2.75, 3.05) is 123 Å². The van der Waals surface area contributed by atoms with Crippen molar-refractivity contribution in [1.82, 2.24) is 51.5 Å². The van der Waals surface area contributed by atoms with Gasteiger partial charge in [0.1, 0.15) is 36.6 Å². The van der Waals surface area contributed by atoms with E-state index in [4.69, 9.17) is 26.7 Å². The Labute approximate surface area is 589 Å². The molecule has 0 saturated carbocycles. The first kappa shape index (κ1) is 81.4. The van der Waals surface area contributed by atoms with E-state index >= 15 is 0 Å². The summed E-state index contributed by atoms with van der Waals surface area (Å²) in [6.07, 6.45) is 1.30. The van der Waals surface area contributed by atoms with Crippen molar-refractivity contribution in [2.45, 2.75) is 152 Å². The second-order valence-corrected chi connectivity index (χ2v) is 28.1. The molecule has 0 spiro atoms. The number of fused-ring (bicyclic) bond motifs is 4. The number of benzene rings is 2. The highest BCUT2D eigenvalue weighted by molar-refractivity contribution is 7.98. The van der Waals surface area contributed by atoms with Crippen molar-refractivity contribution in [2.24, 2.45) is 35.0 Å². The molecule has 2 bridgehead atoms. The van der Waals surface area contributed by atoms with Gasteiger partial charge < -0.3 is 83.5 Å². The Kier molecular flexibility index (Phi) is 36.1. The second kappa shape index (κ2) is 43.9. The zero-order valence-corrected chi connectivity index (χ0v) is 59.2. The van der Waals surface area contributed by atoms with Gasteiger partial charge in [-0.2, -0.15) is 23.5 Å². The number of rotatable bonds is 32. The van der Waals surface area contributed by atoms with E-state index in [-0.39, 0.29) is 106 Å². The first-order chi connectivity index (χ1) is 47.7. The number of hydrogen-bond acceptors (Lipinski definition) is 21. The van der Waals surface area contributed by atoms with Crippen LogP contribution in [0.15, 0.2) is 48.5 Å². The lowest BCUT2D eigenvalue weighted by molar-refractivity contribution is -0.148. The molecule has 4 aliphatic heterocycles. The number of thioether (sulfide) groups is 2. The van der Waals surface area contributed by atoms with Gasteiger partial charge in [-0.25, -0.2) is 0 Å². The van der Waals surface area contributed by atoms with Crippen LogP contribution in [0.3, 0.4) is 0 Å². The highest BCUT2D eigenvalue weighted by atomic mass is 32.2. The van der Waals surface area contributed by atoms with Crippen molar-refractivity contribution in [3.8, 4) is 0 Å². The molecule has 3 saturated heterocycles. The number of aliphatic hydroxyl groups is 1. The Morgan fingerprint density at radius 1 is 0.707 bits per heavy atom. The predicted molar refractivity (Wildman–Crippen MR) is 376 cm³/mol. The molecular formula is C69H107N13O15S2. The Morgan fingerprint density at radius 3 is 1.98 bits per heavy atom. The van der Waals surface area contributed by atoms with E-state index in [1.807, 2.05) is 19.1 Å². The summed E-state index contributed by atoms with van der Waals surface area (Å²) in [5.41, 5.74) is 20.1. The number of Topliss-reactive ketones (excluding diaryl/α,β-unsaturated/α-hetero) is 2. The quantitative estimate of drug-likeness (QED) is 0.0423. The third-order valence-electron chi connectivity index (χ3n) is 18.1. The molecule has 28 nitrogen and oxygen atoms in total. The first-order valence-corrected chi connectivity index (χ1v) is 37.3. The Bertz CT molecular complexity index is 2960. The lowest BCUT2D eigenvalue weighted by Crippen LogP contribution is -2.61. The smallest absolute Gasteiger partial charge is 0.307 e. The summed E-state index contributed by atoms with van der Waals surface area (Å²) in [6.45, 7) is 10.1. The normalized spacial score (nSPS) is 22.6. The molecule has 14 N–H and O–H groups in total. The first-order valence-electron chi connectivity index (χ1n) is 35.0. The number of unbranched alkanes of at least 4 members (excludes halogenated alkanes) is 2. The number of nitrogens with one attached hydrogen (secondary N) is 6. The highest BCUT2D eigenvalue weighted by Gasteiger charge is 2.45. The topological polar surface area (TPSA) is 410 Å². The third-order valence-corrected chi connectivity index (χ3v) is 20.4. The number of amides is 8. The van der Waals surface area contributed by atoms with Gasteiger partial charge in [-0.05, 0) is 74.1 Å². The third kappa shape index (κ3) is 27.7. The van der Waals surface area contributed by atoms with Gasteiger partial charge in [-0.1, -0.05) is 68.3 Å². The van der Waals surface area contributed by atoms with E-state index < -0.39 is 102 Å². The molecule has 8 amide bonds. The van der Waals surface area contributed by atoms with Crippen LogP contribution in [-0.2, 0) is 86.7 Å². The zero-order chi connectivity index (χ0) is 71.6. The fraction of sp³-hybridized carbons (Fsp3) is 0.667. The van der Waals surface area contributed by atoms with Gasteiger partial charge in [-0.3, -0.25) is 57.6 Å². The zero-order valence-electron chi connectivity index (χ0n) is 57.6. The van der Waals surface area contributed by atoms with Crippen LogP contribution in [-0.4, -0.2) is 254 Å². The van der Waals surface area contributed by atoms with Gasteiger partial charge in [0.25, 0.3) is 0 Å². The Morgan fingerprint density at radius 2 is 1.34 bits per heavy atom. The standard InChI is InChI=1S/C69H107N13O15S2/c1-3-4-6-13-54(84)36-51-44-98-42-49-32-48(40-79-25-27-80(28-26-79)61(87)41-97-31-30-96-29-22-75-63(88)53(38-73-20-18-70)39-74-21-19-71)33-50(34-49)43-99-45-52(69(94)95)37-59(85)56(35-47-11-7-5-8-12-47)77-64(89)55(16-17-60(72)86)76-66(91)62(46(2)83)78-65(90)57-14-9-23-81(57)68(93)58-15-10-24-82(58)67(51)92/h5,7-8,11-12,32-34,46,51-53,55-58,62,73-74,83H,3-4,6,9-10,13-31,35-45,70-71H2,1-2H3,(H2,72,86)(H,75,88)(H,76,91)(H,77,89)(H,78,90)(H,94,95)/t46-,51+,52+,55+,56+,57+,58+,62+/m1/s1. The maximum Gasteiger partial charge on any atom is 0.307 e. The predicted octanol–water partition coefficient (Wildman–Crippen LogP) is -0.186. The van der Waals surface area contributed by atoms with E-state index in [1.54, 1.807) is 40.1 Å². The van der Waals surface area contributed by atoms with Crippen LogP contribution in [0.1, 0.15) is 113 Å². The molecule has 2 aromatic rings. The van der Waals surface area contributed by atoms with Crippen molar-refractivity contribution in [3.63, 3.8) is 0 Å². The highest BCUT2D eigenvalue weighted by Crippen LogP contribution is 2.31. The van der Waals surface area contributed by atoms with Crippen LogP contribution < -0.4 is 49.1 Å². The average molecular weight is 1420 g/mol. The molecular weight excluding hydrogens is 1310 g/mol. The number of carboxylic acids is 1. The molecule has 4 aliphatic rings. The minimum absolute atomic E-state index is 0.00384. The fourth-order valence-corrected chi connectivity index (χ4v) is 14.8. The number of carbonyl (C=O) groups is 11. The summed E-state index contributed by atoms with van der Waals surface area (Å²) >= 11 is 2.80. The van der Waals surface area contributed by atoms with Gasteiger partial charge in [0.2, 0.25) is 47.3 Å². The summed E-state index contributed by atoms with van der Waals surface area (Å²) in [5, 5.41) is 38.7. The number of nitrogens with zero attached hydrogens (tertiary/aromatic N) is 4. The van der Waals surface area contributed by atoms with E-state index in [9.17, 15) is 63.0 Å². The summed E-state index contributed by atoms with van der Waals surface area (Å²) in [7, 11) is 0. The second-order valence-electron chi connectivity index (χ2n) is 26.0. The number of aliphatic hydroxyl groups excluding tert-OH is 1. The number of carboxylic acid groups (broad SMARTS) is 1. The lowest BCUT2D eigenvalue weighted by Gasteiger charge is -2.35. The molecule has 0 unspecified atom stereocenters. The van der Waals surface area contributed by atoms with Crippen LogP contribution >= 0.6 is 23.5 Å². The molecule has 30 heteroatoms. The Hall–Kier alpha value is -6.61. The number of ketones is 2. The summed E-state index contributed by atoms with van der Waals surface area (Å²) in [5.74, 6) is -7.77. The number of carbonyl (C=O) groups excluding carboxylic acids is 10. The largest absolute Gasteiger partial charge is 0.481 e. The summed E-state index contributed by atoms with van der Waals surface area (Å²) in [6, 6.07) is 8.32. The van der Waals surface area contributed by atoms with Crippen LogP contribution in [0, 0.1) is 17.8 Å². The van der Waals surface area contributed by atoms with Gasteiger partial charge in [0, 0.05) is 140 Å². The molecule has 0 aliphatic carbocycles. The molecule has 2 aromatic carbocycles. The average Bonchev–Trinajstić information content (AvgIpc) is 1.68. The van der Waals surface area contributed by atoms with Crippen LogP contribution in [0.25, 0.3) is 0 Å². The summed E-state index contributed by atoms with van der Waals surface area (Å²) in [4.78, 5) is 159. The van der Waals surface area contributed by atoms with E-state index in [0.717, 1.165) is 29.5 Å². The lowest BCUT2D eigenvalue weighted by atomic mass is 9.95. The fourth-order valence-electron chi connectivity index (χ4n) is 12.6. The molecule has 550 valence electrons. The van der Waals surface area contributed by atoms with Crippen LogP contribution in [0.5, 0.6) is 0 Å². The van der Waals surface area contributed by atoms with Gasteiger partial charge in [0.05, 0.1) is 49.7 Å². The number of aliphatic carboxylic acids is 1. The molecule has 8 atom stereocenters. The molecule has 99 heavy (non-hydrogen) atoms. The number of piperazine rings is 1. The SMILES string of the molecule is CCCCCC(=O)C[C@H]1CSCc2cc(cc(CN3CCN(C(=O)COCCOCCNC(=O)C(CNCCN)CNCCN)CC3)c2)CSC[C@@H](C(=O)O)CC(=O)[C@H](Cc2ccccc2)NC(=O)[C@H](CCC(N)=O)NC(=O)[C@H]([C@@H](C)O)NC(=O)[C@@H]2CCCN2C(=O)[C@@H]2CCCN2C1=O. The monoisotopic (exact) mass is 1420 g/mol. The van der Waals surface area contributed by atoms with Gasteiger partial charge in [-0.15, -0.1) is 0 Å². The van der Waals surface area contributed by atoms with Gasteiger partial charge in [0.15, 0.2) is 5.78 Å². The maximum atomic E-state index is 15.0. The molecule has 6 rings (SSSR count). The van der Waals surface area contributed by atoms with Gasteiger partial charge >= 0.3 is 5.97 Å². The molecule has 0 aromatic heterocycles. The van der Waals surface area contributed by atoms with Crippen LogP contribution in [0.4, 0.5) is 0 Å². The van der Waals surface area contributed by atoms with E-state index in [2.05, 4.69) is 42.9 Å².